The third-order valence-corrected chi connectivity index (χ3v) is 9.94. The van der Waals surface area contributed by atoms with Crippen LogP contribution in [0, 0.1) is 17.9 Å². The first-order valence-corrected chi connectivity index (χ1v) is 18.7. The van der Waals surface area contributed by atoms with Gasteiger partial charge in [0, 0.05) is 37.9 Å². The van der Waals surface area contributed by atoms with Crippen molar-refractivity contribution in [1.82, 2.24) is 9.97 Å². The van der Waals surface area contributed by atoms with Crippen molar-refractivity contribution in [2.75, 3.05) is 0 Å². The van der Waals surface area contributed by atoms with Crippen LogP contribution in [0.2, 0.25) is 19.6 Å². The normalized spacial score (nSPS) is 11.3. The third-order valence-electron chi connectivity index (χ3n) is 7.91. The molecule has 233 valence electrons. The Kier molecular flexibility index (Phi) is 10.1. The molecule has 0 fully saturated rings. The summed E-state index contributed by atoms with van der Waals surface area (Å²) < 4.78 is 19.9. The van der Waals surface area contributed by atoms with E-state index in [1.165, 1.54) is 22.9 Å². The molecule has 0 aliphatic heterocycles. The molecule has 1 radical (unpaired) electrons. The Morgan fingerprint density at radius 2 is 1.57 bits per heavy atom. The topological polar surface area (TPSA) is 38.9 Å². The third kappa shape index (κ3) is 7.26. The summed E-state index contributed by atoms with van der Waals surface area (Å²) >= 11 is 0. The molecular formula is C40H35FIrN2OSi-2. The minimum absolute atomic E-state index is 0. The number of furan rings is 1. The fourth-order valence-corrected chi connectivity index (χ4v) is 6.31. The minimum Gasteiger partial charge on any atom is -0.501 e. The van der Waals surface area contributed by atoms with Crippen molar-refractivity contribution in [3.8, 4) is 33.6 Å². The molecule has 0 spiro atoms. The average molecular weight is 799 g/mol. The van der Waals surface area contributed by atoms with E-state index in [-0.39, 0.29) is 25.9 Å². The second kappa shape index (κ2) is 14.0. The first-order chi connectivity index (χ1) is 21.7. The van der Waals surface area contributed by atoms with Gasteiger partial charge in [0.1, 0.15) is 11.4 Å². The van der Waals surface area contributed by atoms with Crippen LogP contribution in [0.1, 0.15) is 25.3 Å². The number of benzene rings is 4. The zero-order valence-electron chi connectivity index (χ0n) is 26.6. The average Bonchev–Trinajstić information content (AvgIpc) is 3.43. The summed E-state index contributed by atoms with van der Waals surface area (Å²) in [5.74, 6) is 0.167. The second-order valence-corrected chi connectivity index (χ2v) is 17.6. The van der Waals surface area contributed by atoms with E-state index in [1.54, 1.807) is 6.07 Å². The maximum Gasteiger partial charge on any atom is 0.123 e. The molecule has 0 saturated carbocycles. The van der Waals surface area contributed by atoms with Crippen LogP contribution in [0.5, 0.6) is 0 Å². The largest absolute Gasteiger partial charge is 0.501 e. The van der Waals surface area contributed by atoms with Gasteiger partial charge in [0.05, 0.1) is 13.7 Å². The van der Waals surface area contributed by atoms with E-state index in [0.29, 0.717) is 5.92 Å². The zero-order valence-corrected chi connectivity index (χ0v) is 30.0. The van der Waals surface area contributed by atoms with Crippen LogP contribution in [0.3, 0.4) is 0 Å². The molecule has 6 heteroatoms. The SMILES string of the molecule is CC(C)c1ccnc(-c2[c-]ccc3c2oc2cc(-c4cccc(F)c4)ccc23)c1.C[Si](C)(C)c1ccc(-c2[c-]cccc2)nc1.[Ir]. The number of pyridine rings is 2. The van der Waals surface area contributed by atoms with Gasteiger partial charge >= 0.3 is 0 Å². The minimum atomic E-state index is -1.23. The van der Waals surface area contributed by atoms with Crippen LogP contribution < -0.4 is 5.19 Å². The molecule has 7 aromatic rings. The van der Waals surface area contributed by atoms with Gasteiger partial charge in [-0.25, -0.2) is 4.39 Å². The van der Waals surface area contributed by atoms with E-state index in [9.17, 15) is 4.39 Å². The number of rotatable bonds is 5. The van der Waals surface area contributed by atoms with E-state index in [4.69, 9.17) is 4.42 Å². The van der Waals surface area contributed by atoms with Crippen LogP contribution in [-0.4, -0.2) is 18.0 Å². The standard InChI is InChI=1S/C26H19FNO.C14H16NSi.Ir/c1-16(2)17-11-12-28-24(14-17)23-8-4-7-22-21-10-9-19(15-25(21)29-26(22)23)18-5-3-6-20(27)13-18;1-16(2,3)13-9-10-14(15-11-13)12-7-5-4-6-8-12;/h3-7,9-16H,1-2H3;4-7,9-11H,1-3H3;/q2*-1;. The van der Waals surface area contributed by atoms with Crippen molar-refractivity contribution < 1.29 is 28.9 Å². The van der Waals surface area contributed by atoms with Crippen LogP contribution >= 0.6 is 0 Å². The molecule has 0 aliphatic carbocycles. The van der Waals surface area contributed by atoms with Crippen LogP contribution in [0.4, 0.5) is 4.39 Å². The number of hydrogen-bond donors (Lipinski definition) is 0. The predicted octanol–water partition coefficient (Wildman–Crippen LogP) is 10.5. The fraction of sp³-hybridized carbons (Fsp3) is 0.150. The summed E-state index contributed by atoms with van der Waals surface area (Å²) in [6.45, 7) is 11.3. The van der Waals surface area contributed by atoms with E-state index < -0.39 is 8.07 Å². The fourth-order valence-electron chi connectivity index (χ4n) is 5.27. The molecule has 3 nitrogen and oxygen atoms in total. The predicted molar refractivity (Wildman–Crippen MR) is 187 cm³/mol. The van der Waals surface area contributed by atoms with Gasteiger partial charge in [0.2, 0.25) is 0 Å². The Balaban J connectivity index is 0.000000209. The van der Waals surface area contributed by atoms with Gasteiger partial charge in [0.15, 0.2) is 0 Å². The van der Waals surface area contributed by atoms with Crippen molar-refractivity contribution in [2.24, 2.45) is 0 Å². The molecule has 4 aromatic carbocycles. The summed E-state index contributed by atoms with van der Waals surface area (Å²) in [7, 11) is -1.23. The number of halogens is 1. The molecule has 0 unspecified atom stereocenters. The molecule has 3 heterocycles. The summed E-state index contributed by atoms with van der Waals surface area (Å²) in [5, 5.41) is 3.44. The van der Waals surface area contributed by atoms with E-state index in [1.807, 2.05) is 79.1 Å². The maximum absolute atomic E-state index is 13.6. The van der Waals surface area contributed by atoms with Gasteiger partial charge in [-0.3, -0.25) is 0 Å². The molecule has 0 bridgehead atoms. The molecule has 3 aromatic heterocycles. The van der Waals surface area contributed by atoms with E-state index >= 15 is 0 Å². The summed E-state index contributed by atoms with van der Waals surface area (Å²) in [5.41, 5.74) is 8.28. The van der Waals surface area contributed by atoms with Gasteiger partial charge in [-0.1, -0.05) is 92.5 Å². The second-order valence-electron chi connectivity index (χ2n) is 12.5. The van der Waals surface area contributed by atoms with Crippen molar-refractivity contribution in [3.05, 3.63) is 139 Å². The Bertz CT molecular complexity index is 2080. The molecule has 0 saturated heterocycles. The maximum atomic E-state index is 13.6. The van der Waals surface area contributed by atoms with E-state index in [2.05, 4.69) is 73.8 Å². The van der Waals surface area contributed by atoms with Crippen molar-refractivity contribution >= 4 is 35.2 Å². The summed E-state index contributed by atoms with van der Waals surface area (Å²) in [6, 6.07) is 39.4. The summed E-state index contributed by atoms with van der Waals surface area (Å²) in [6.07, 6.45) is 3.85. The monoisotopic (exact) mass is 799 g/mol. The van der Waals surface area contributed by atoms with Crippen LogP contribution in [0.15, 0.2) is 120 Å². The van der Waals surface area contributed by atoms with E-state index in [0.717, 1.165) is 55.6 Å². The van der Waals surface area contributed by atoms with Gasteiger partial charge in [-0.05, 0) is 57.9 Å². The smallest absolute Gasteiger partial charge is 0.123 e. The molecule has 0 amide bonds. The molecule has 46 heavy (non-hydrogen) atoms. The Morgan fingerprint density at radius 3 is 2.26 bits per heavy atom. The van der Waals surface area contributed by atoms with Crippen LogP contribution in [-0.2, 0) is 20.1 Å². The molecular weight excluding hydrogens is 764 g/mol. The Hall–Kier alpha value is -4.22. The molecule has 7 rings (SSSR count). The quantitative estimate of drug-likeness (QED) is 0.129. The van der Waals surface area contributed by atoms with Gasteiger partial charge < -0.3 is 14.4 Å². The molecule has 0 atom stereocenters. The number of fused-ring (bicyclic) bond motifs is 3. The van der Waals surface area contributed by atoms with Gasteiger partial charge in [-0.15, -0.1) is 54.1 Å². The number of nitrogens with zero attached hydrogens (tertiary/aromatic N) is 2. The Labute approximate surface area is 284 Å². The first-order valence-electron chi connectivity index (χ1n) is 15.2. The van der Waals surface area contributed by atoms with Gasteiger partial charge in [-0.2, -0.15) is 0 Å². The zero-order chi connectivity index (χ0) is 31.6. The first kappa shape index (κ1) is 33.1. The number of hydrogen-bond acceptors (Lipinski definition) is 3. The number of aromatic nitrogens is 2. The van der Waals surface area contributed by atoms with Crippen LogP contribution in [0.25, 0.3) is 55.6 Å². The van der Waals surface area contributed by atoms with Gasteiger partial charge in [0.25, 0.3) is 0 Å². The van der Waals surface area contributed by atoms with Crippen molar-refractivity contribution in [1.29, 1.82) is 0 Å². The molecule has 0 N–H and O–H groups in total. The summed E-state index contributed by atoms with van der Waals surface area (Å²) in [4.78, 5) is 9.07. The molecule has 0 aliphatic rings. The van der Waals surface area contributed by atoms with Crippen molar-refractivity contribution in [3.63, 3.8) is 0 Å². The Morgan fingerprint density at radius 1 is 0.739 bits per heavy atom. The van der Waals surface area contributed by atoms with Crippen molar-refractivity contribution in [2.45, 2.75) is 39.4 Å².